The summed E-state index contributed by atoms with van der Waals surface area (Å²) in [5.74, 6) is 0.886. The van der Waals surface area contributed by atoms with Crippen molar-refractivity contribution in [1.29, 1.82) is 5.26 Å². The molecule has 2 aromatic carbocycles. The van der Waals surface area contributed by atoms with E-state index in [1.54, 1.807) is 0 Å². The predicted octanol–water partition coefficient (Wildman–Crippen LogP) is 6.09. The average molecular weight is 444 g/mol. The number of unbranched alkanes of at least 4 members (excludes halogenated alkanes) is 8. The van der Waals surface area contributed by atoms with E-state index < -0.39 is 10.1 Å². The van der Waals surface area contributed by atoms with Crippen molar-refractivity contribution < 1.29 is 17.3 Å². The summed E-state index contributed by atoms with van der Waals surface area (Å²) in [6.07, 6.45) is 11.2. The SMILES string of the molecule is CS(=O)(=O)OCCCCCCCCCCCOc1ccc(-c2ccc(C#N)cc2)cc1. The minimum absolute atomic E-state index is 0.303. The van der Waals surface area contributed by atoms with E-state index in [9.17, 15) is 8.42 Å². The lowest BCUT2D eigenvalue weighted by atomic mass is 10.0. The van der Waals surface area contributed by atoms with Gasteiger partial charge in [-0.05, 0) is 48.2 Å². The number of ether oxygens (including phenoxy) is 1. The fourth-order valence-electron chi connectivity index (χ4n) is 3.32. The zero-order chi connectivity index (χ0) is 22.4. The molecule has 0 saturated carbocycles. The smallest absolute Gasteiger partial charge is 0.264 e. The third-order valence-electron chi connectivity index (χ3n) is 5.06. The Kier molecular flexibility index (Phi) is 11.1. The Labute approximate surface area is 187 Å². The molecule has 2 rings (SSSR count). The van der Waals surface area contributed by atoms with Crippen molar-refractivity contribution in [3.63, 3.8) is 0 Å². The van der Waals surface area contributed by atoms with Crippen molar-refractivity contribution in [2.75, 3.05) is 19.5 Å². The van der Waals surface area contributed by atoms with E-state index >= 15 is 0 Å². The third-order valence-corrected chi connectivity index (χ3v) is 5.65. The second-order valence-corrected chi connectivity index (χ2v) is 9.41. The first kappa shape index (κ1) is 24.9. The fourth-order valence-corrected chi connectivity index (χ4v) is 3.74. The lowest BCUT2D eigenvalue weighted by molar-refractivity contribution is 0.304. The maximum atomic E-state index is 10.8. The van der Waals surface area contributed by atoms with Crippen LogP contribution in [0.1, 0.15) is 63.4 Å². The lowest BCUT2D eigenvalue weighted by Gasteiger charge is -2.08. The van der Waals surface area contributed by atoms with Gasteiger partial charge in [-0.2, -0.15) is 13.7 Å². The van der Waals surface area contributed by atoms with E-state index in [-0.39, 0.29) is 0 Å². The number of nitrogens with zero attached hydrogens (tertiary/aromatic N) is 1. The molecule has 0 aliphatic carbocycles. The van der Waals surface area contributed by atoms with Crippen molar-refractivity contribution in [3.05, 3.63) is 54.1 Å². The molecule has 0 aliphatic rings. The predicted molar refractivity (Wildman–Crippen MR) is 124 cm³/mol. The maximum absolute atomic E-state index is 10.8. The quantitative estimate of drug-likeness (QED) is 0.246. The molecule has 0 aromatic heterocycles. The minimum atomic E-state index is -3.29. The Morgan fingerprint density at radius 2 is 1.16 bits per heavy atom. The summed E-state index contributed by atoms with van der Waals surface area (Å²) in [5, 5.41) is 8.88. The standard InChI is InChI=1S/C25H33NO4S/c1-31(27,28)30-20-10-8-6-4-2-3-5-7-9-19-29-25-17-15-24(16-18-25)23-13-11-22(21-26)12-14-23/h11-18H,2-10,19-20H2,1H3. The number of benzene rings is 2. The number of rotatable bonds is 15. The summed E-state index contributed by atoms with van der Waals surface area (Å²) >= 11 is 0. The molecule has 0 unspecified atom stereocenters. The van der Waals surface area contributed by atoms with Crippen LogP contribution in [0.2, 0.25) is 0 Å². The third kappa shape index (κ3) is 11.0. The first-order chi connectivity index (χ1) is 15.0. The van der Waals surface area contributed by atoms with Gasteiger partial charge in [0.2, 0.25) is 0 Å². The van der Waals surface area contributed by atoms with Crippen LogP contribution in [-0.2, 0) is 14.3 Å². The van der Waals surface area contributed by atoms with E-state index in [0.717, 1.165) is 55.4 Å². The van der Waals surface area contributed by atoms with E-state index in [1.165, 1.54) is 32.1 Å². The second kappa shape index (κ2) is 13.8. The largest absolute Gasteiger partial charge is 0.494 e. The monoisotopic (exact) mass is 443 g/mol. The van der Waals surface area contributed by atoms with Crippen LogP contribution in [0.3, 0.4) is 0 Å². The summed E-state index contributed by atoms with van der Waals surface area (Å²) in [7, 11) is -3.29. The van der Waals surface area contributed by atoms with Gasteiger partial charge >= 0.3 is 0 Å². The van der Waals surface area contributed by atoms with Gasteiger partial charge in [0.1, 0.15) is 5.75 Å². The highest BCUT2D eigenvalue weighted by molar-refractivity contribution is 7.85. The number of hydrogen-bond acceptors (Lipinski definition) is 5. The molecule has 0 amide bonds. The van der Waals surface area contributed by atoms with Crippen molar-refractivity contribution >= 4 is 10.1 Å². The Morgan fingerprint density at radius 3 is 1.65 bits per heavy atom. The van der Waals surface area contributed by atoms with Gasteiger partial charge < -0.3 is 4.74 Å². The van der Waals surface area contributed by atoms with Crippen LogP contribution in [-0.4, -0.2) is 27.9 Å². The first-order valence-electron chi connectivity index (χ1n) is 11.1. The molecule has 0 spiro atoms. The van der Waals surface area contributed by atoms with E-state index in [2.05, 4.69) is 6.07 Å². The van der Waals surface area contributed by atoms with Gasteiger partial charge in [-0.3, -0.25) is 4.18 Å². The van der Waals surface area contributed by atoms with E-state index in [0.29, 0.717) is 12.2 Å². The molecule has 0 atom stereocenters. The second-order valence-electron chi connectivity index (χ2n) is 7.77. The Balaban J connectivity index is 1.47. The van der Waals surface area contributed by atoms with Gasteiger partial charge in [-0.25, -0.2) is 0 Å². The summed E-state index contributed by atoms with van der Waals surface area (Å²) < 4.78 is 32.3. The fraction of sp³-hybridized carbons (Fsp3) is 0.480. The Bertz CT molecular complexity index is 900. The molecule has 0 heterocycles. The summed E-state index contributed by atoms with van der Waals surface area (Å²) in [5.41, 5.74) is 2.87. The molecule has 0 aliphatic heterocycles. The minimum Gasteiger partial charge on any atom is -0.494 e. The van der Waals surface area contributed by atoms with E-state index in [1.807, 2.05) is 48.5 Å². The van der Waals surface area contributed by atoms with Crippen LogP contribution in [0.4, 0.5) is 0 Å². The van der Waals surface area contributed by atoms with Crippen molar-refractivity contribution in [2.45, 2.75) is 57.8 Å². The van der Waals surface area contributed by atoms with Crippen molar-refractivity contribution in [1.82, 2.24) is 0 Å². The highest BCUT2D eigenvalue weighted by atomic mass is 32.2. The number of hydrogen-bond donors (Lipinski definition) is 0. The normalized spacial score (nSPS) is 11.2. The van der Waals surface area contributed by atoms with Crippen molar-refractivity contribution in [2.24, 2.45) is 0 Å². The first-order valence-corrected chi connectivity index (χ1v) is 12.9. The van der Waals surface area contributed by atoms with Crippen LogP contribution >= 0.6 is 0 Å². The van der Waals surface area contributed by atoms with Gasteiger partial charge in [0, 0.05) is 0 Å². The molecule has 0 N–H and O–H groups in total. The molecule has 6 heteroatoms. The molecule has 2 aromatic rings. The van der Waals surface area contributed by atoms with Crippen LogP contribution in [0.25, 0.3) is 11.1 Å². The van der Waals surface area contributed by atoms with Crippen LogP contribution in [0.5, 0.6) is 5.75 Å². The molecule has 0 saturated heterocycles. The van der Waals surface area contributed by atoms with Gasteiger partial charge in [-0.1, -0.05) is 69.2 Å². The molecule has 5 nitrogen and oxygen atoms in total. The van der Waals surface area contributed by atoms with Gasteiger partial charge in [0.15, 0.2) is 0 Å². The summed E-state index contributed by atoms with van der Waals surface area (Å²) in [4.78, 5) is 0. The molecule has 31 heavy (non-hydrogen) atoms. The van der Waals surface area contributed by atoms with Crippen LogP contribution < -0.4 is 4.74 Å². The molecular formula is C25H33NO4S. The van der Waals surface area contributed by atoms with Gasteiger partial charge in [0.05, 0.1) is 31.1 Å². The zero-order valence-electron chi connectivity index (χ0n) is 18.4. The molecule has 0 bridgehead atoms. The molecule has 0 radical (unpaired) electrons. The van der Waals surface area contributed by atoms with Gasteiger partial charge in [-0.15, -0.1) is 0 Å². The highest BCUT2D eigenvalue weighted by Gasteiger charge is 2.01. The average Bonchev–Trinajstić information content (AvgIpc) is 2.76. The Morgan fingerprint density at radius 1 is 0.710 bits per heavy atom. The molecule has 0 fully saturated rings. The van der Waals surface area contributed by atoms with E-state index in [4.69, 9.17) is 14.2 Å². The zero-order valence-corrected chi connectivity index (χ0v) is 19.2. The summed E-state index contributed by atoms with van der Waals surface area (Å²) in [6, 6.07) is 17.8. The molecule has 168 valence electrons. The van der Waals surface area contributed by atoms with Crippen molar-refractivity contribution in [3.8, 4) is 22.9 Å². The van der Waals surface area contributed by atoms with Gasteiger partial charge in [0.25, 0.3) is 10.1 Å². The topological polar surface area (TPSA) is 76.4 Å². The lowest BCUT2D eigenvalue weighted by Crippen LogP contribution is -2.03. The van der Waals surface area contributed by atoms with Crippen LogP contribution in [0, 0.1) is 11.3 Å². The number of nitriles is 1. The van der Waals surface area contributed by atoms with Crippen LogP contribution in [0.15, 0.2) is 48.5 Å². The summed E-state index contributed by atoms with van der Waals surface area (Å²) in [6.45, 7) is 1.04. The Hall–Kier alpha value is -2.36. The molecular weight excluding hydrogens is 410 g/mol. The maximum Gasteiger partial charge on any atom is 0.264 e. The highest BCUT2D eigenvalue weighted by Crippen LogP contribution is 2.23.